The van der Waals surface area contributed by atoms with Crippen molar-refractivity contribution in [3.8, 4) is 5.75 Å². The number of ether oxygens (including phenoxy) is 2. The van der Waals surface area contributed by atoms with E-state index in [-0.39, 0.29) is 18.5 Å². The fourth-order valence-corrected chi connectivity index (χ4v) is 5.69. The Morgan fingerprint density at radius 2 is 1.50 bits per heavy atom. The van der Waals surface area contributed by atoms with Crippen LogP contribution in [0.1, 0.15) is 102 Å². The van der Waals surface area contributed by atoms with Gasteiger partial charge in [0, 0.05) is 6.61 Å². The smallest absolute Gasteiger partial charge is 0.201 e. The topological polar surface area (TPSA) is 18.5 Å². The normalized spacial score (nSPS) is 27.2. The van der Waals surface area contributed by atoms with Crippen molar-refractivity contribution in [3.05, 3.63) is 29.3 Å². The highest BCUT2D eigenvalue weighted by molar-refractivity contribution is 5.33. The van der Waals surface area contributed by atoms with Crippen molar-refractivity contribution in [1.29, 1.82) is 0 Å². The lowest BCUT2D eigenvalue weighted by Gasteiger charge is -2.38. The third-order valence-electron chi connectivity index (χ3n) is 7.56. The summed E-state index contributed by atoms with van der Waals surface area (Å²) in [6.45, 7) is 4.53. The average Bonchev–Trinajstić information content (AvgIpc) is 2.78. The maximum Gasteiger partial charge on any atom is 0.201 e. The molecule has 2 fully saturated rings. The summed E-state index contributed by atoms with van der Waals surface area (Å²) in [5.74, 6) is 1.03. The first-order chi connectivity index (χ1) is 14.6. The van der Waals surface area contributed by atoms with Crippen LogP contribution >= 0.6 is 0 Å². The van der Waals surface area contributed by atoms with E-state index in [9.17, 15) is 8.78 Å². The molecule has 2 saturated carbocycles. The Bertz CT molecular complexity index is 632. The molecular formula is C26H40F2O2. The summed E-state index contributed by atoms with van der Waals surface area (Å²) in [7, 11) is 0. The molecule has 0 amide bonds. The lowest BCUT2D eigenvalue weighted by Crippen LogP contribution is -2.25. The zero-order chi connectivity index (χ0) is 21.3. The zero-order valence-corrected chi connectivity index (χ0v) is 18.9. The monoisotopic (exact) mass is 422 g/mol. The van der Waals surface area contributed by atoms with Crippen LogP contribution < -0.4 is 4.74 Å². The maximum absolute atomic E-state index is 14.7. The minimum Gasteiger partial charge on any atom is -0.464 e. The van der Waals surface area contributed by atoms with Crippen LogP contribution in [0.4, 0.5) is 8.78 Å². The predicted molar refractivity (Wildman–Crippen MR) is 118 cm³/mol. The Morgan fingerprint density at radius 1 is 0.833 bits per heavy atom. The van der Waals surface area contributed by atoms with Gasteiger partial charge in [0.15, 0.2) is 18.4 Å². The van der Waals surface area contributed by atoms with Gasteiger partial charge in [-0.15, -0.1) is 0 Å². The Labute approximate surface area is 181 Å². The minimum atomic E-state index is -0.879. The van der Waals surface area contributed by atoms with Gasteiger partial charge < -0.3 is 9.47 Å². The van der Waals surface area contributed by atoms with Gasteiger partial charge in [-0.2, -0.15) is 4.39 Å². The van der Waals surface area contributed by atoms with Crippen LogP contribution in [0.15, 0.2) is 12.1 Å². The Hall–Kier alpha value is -1.16. The first kappa shape index (κ1) is 23.5. The van der Waals surface area contributed by atoms with Crippen LogP contribution in [0.25, 0.3) is 0 Å². The zero-order valence-electron chi connectivity index (χ0n) is 18.9. The standard InChI is InChI=1S/C26H40F2O2/c1-3-5-6-7-19-8-10-20(11-9-19)21-12-14-22(15-13-21)23-16-17-24(26(28)25(23)27)30-18-29-4-2/h16-17,19-22H,3-15,18H2,1-2H3. The molecule has 30 heavy (non-hydrogen) atoms. The summed E-state index contributed by atoms with van der Waals surface area (Å²) in [4.78, 5) is 0. The van der Waals surface area contributed by atoms with E-state index in [1.54, 1.807) is 12.1 Å². The van der Waals surface area contributed by atoms with E-state index in [4.69, 9.17) is 9.47 Å². The summed E-state index contributed by atoms with van der Waals surface area (Å²) in [6, 6.07) is 3.27. The molecule has 2 nitrogen and oxygen atoms in total. The van der Waals surface area contributed by atoms with Crippen molar-refractivity contribution < 1.29 is 18.3 Å². The third kappa shape index (κ3) is 6.18. The summed E-state index contributed by atoms with van der Waals surface area (Å²) in [5, 5.41) is 0. The molecule has 0 saturated heterocycles. The predicted octanol–water partition coefficient (Wildman–Crippen LogP) is 8.00. The van der Waals surface area contributed by atoms with Crippen LogP contribution in [0.5, 0.6) is 5.75 Å². The summed E-state index contributed by atoms with van der Waals surface area (Å²) in [5.41, 5.74) is 0.523. The van der Waals surface area contributed by atoms with E-state index in [1.807, 2.05) is 6.92 Å². The number of hydrogen-bond donors (Lipinski definition) is 0. The van der Waals surface area contributed by atoms with Gasteiger partial charge in [-0.05, 0) is 80.8 Å². The van der Waals surface area contributed by atoms with Crippen molar-refractivity contribution in [3.63, 3.8) is 0 Å². The van der Waals surface area contributed by atoms with E-state index in [0.29, 0.717) is 12.2 Å². The number of rotatable bonds is 10. The summed E-state index contributed by atoms with van der Waals surface area (Å²) >= 11 is 0. The van der Waals surface area contributed by atoms with Gasteiger partial charge in [-0.1, -0.05) is 51.5 Å². The van der Waals surface area contributed by atoms with Gasteiger partial charge in [0.25, 0.3) is 0 Å². The van der Waals surface area contributed by atoms with Crippen LogP contribution in [-0.2, 0) is 4.74 Å². The lowest BCUT2D eigenvalue weighted by molar-refractivity contribution is 0.0197. The van der Waals surface area contributed by atoms with Gasteiger partial charge in [-0.25, -0.2) is 4.39 Å². The molecule has 0 heterocycles. The molecule has 1 aromatic rings. The van der Waals surface area contributed by atoms with E-state index < -0.39 is 11.6 Å². The van der Waals surface area contributed by atoms with E-state index in [1.165, 1.54) is 51.4 Å². The SMILES string of the molecule is CCCCCC1CCC(C2CCC(c3ccc(OCOCC)c(F)c3F)CC2)CC1. The molecule has 0 radical (unpaired) electrons. The fraction of sp³-hybridized carbons (Fsp3) is 0.769. The molecule has 2 aliphatic rings. The van der Waals surface area contributed by atoms with Crippen LogP contribution in [0, 0.1) is 29.4 Å². The Morgan fingerprint density at radius 3 is 2.13 bits per heavy atom. The van der Waals surface area contributed by atoms with Crippen LogP contribution in [-0.4, -0.2) is 13.4 Å². The number of hydrogen-bond acceptors (Lipinski definition) is 2. The molecule has 0 aliphatic heterocycles. The second-order valence-electron chi connectivity index (χ2n) is 9.42. The van der Waals surface area contributed by atoms with Crippen molar-refractivity contribution in [2.24, 2.45) is 17.8 Å². The Balaban J connectivity index is 1.47. The molecule has 0 N–H and O–H groups in total. The summed E-state index contributed by atoms with van der Waals surface area (Å²) in [6.07, 6.45) is 15.3. The number of halogens is 2. The van der Waals surface area contributed by atoms with Crippen LogP contribution in [0.2, 0.25) is 0 Å². The highest BCUT2D eigenvalue weighted by Crippen LogP contribution is 2.45. The molecule has 0 bridgehead atoms. The third-order valence-corrected chi connectivity index (χ3v) is 7.56. The van der Waals surface area contributed by atoms with Gasteiger partial charge in [0.05, 0.1) is 0 Å². The minimum absolute atomic E-state index is 0.0574. The molecular weight excluding hydrogens is 382 g/mol. The number of benzene rings is 1. The molecule has 0 spiro atoms. The van der Waals surface area contributed by atoms with E-state index in [2.05, 4.69) is 6.92 Å². The molecule has 1 aromatic carbocycles. The second kappa shape index (κ2) is 12.0. The highest BCUT2D eigenvalue weighted by atomic mass is 19.2. The van der Waals surface area contributed by atoms with Gasteiger partial charge in [-0.3, -0.25) is 0 Å². The Kier molecular flexibility index (Phi) is 9.42. The maximum atomic E-state index is 14.7. The van der Waals surface area contributed by atoms with Crippen molar-refractivity contribution in [2.45, 2.75) is 96.8 Å². The van der Waals surface area contributed by atoms with Gasteiger partial charge in [0.2, 0.25) is 5.82 Å². The average molecular weight is 423 g/mol. The molecule has 0 atom stereocenters. The molecule has 0 unspecified atom stereocenters. The second-order valence-corrected chi connectivity index (χ2v) is 9.42. The molecule has 170 valence electrons. The molecule has 0 aromatic heterocycles. The molecule has 4 heteroatoms. The van der Waals surface area contributed by atoms with E-state index >= 15 is 0 Å². The van der Waals surface area contributed by atoms with Gasteiger partial charge >= 0.3 is 0 Å². The lowest BCUT2D eigenvalue weighted by atomic mass is 9.68. The quantitative estimate of drug-likeness (QED) is 0.281. The van der Waals surface area contributed by atoms with E-state index in [0.717, 1.165) is 43.4 Å². The van der Waals surface area contributed by atoms with Crippen molar-refractivity contribution >= 4 is 0 Å². The first-order valence-corrected chi connectivity index (χ1v) is 12.3. The summed E-state index contributed by atoms with van der Waals surface area (Å²) < 4.78 is 39.4. The van der Waals surface area contributed by atoms with Crippen molar-refractivity contribution in [1.82, 2.24) is 0 Å². The van der Waals surface area contributed by atoms with Crippen molar-refractivity contribution in [2.75, 3.05) is 13.4 Å². The van der Waals surface area contributed by atoms with Crippen LogP contribution in [0.3, 0.4) is 0 Å². The molecule has 3 rings (SSSR count). The fourth-order valence-electron chi connectivity index (χ4n) is 5.69. The number of unbranched alkanes of at least 4 members (excludes halogenated alkanes) is 2. The van der Waals surface area contributed by atoms with Gasteiger partial charge in [0.1, 0.15) is 0 Å². The largest absolute Gasteiger partial charge is 0.464 e. The highest BCUT2D eigenvalue weighted by Gasteiger charge is 2.32. The first-order valence-electron chi connectivity index (χ1n) is 12.3. The molecule has 2 aliphatic carbocycles.